The summed E-state index contributed by atoms with van der Waals surface area (Å²) in [7, 11) is 0. The Morgan fingerprint density at radius 1 is 1.42 bits per heavy atom. The number of hydrogen-bond acceptors (Lipinski definition) is 3. The lowest BCUT2D eigenvalue weighted by atomic mass is 9.97. The molecule has 0 heterocycles. The highest BCUT2D eigenvalue weighted by Crippen LogP contribution is 2.21. The van der Waals surface area contributed by atoms with Crippen LogP contribution < -0.4 is 5.32 Å². The maximum Gasteiger partial charge on any atom is 0.124 e. The molecule has 0 aliphatic heterocycles. The van der Waals surface area contributed by atoms with Crippen LogP contribution in [0.1, 0.15) is 33.1 Å². The van der Waals surface area contributed by atoms with Crippen molar-refractivity contribution in [2.24, 2.45) is 0 Å². The fraction of sp³-hybridized carbons (Fsp3) is 0.533. The second-order valence-electron chi connectivity index (χ2n) is 4.74. The van der Waals surface area contributed by atoms with E-state index in [-0.39, 0.29) is 5.82 Å². The van der Waals surface area contributed by atoms with E-state index in [1.165, 1.54) is 6.07 Å². The Labute approximate surface area is 119 Å². The number of nitrogens with one attached hydrogen (secondary N) is 1. The number of unbranched alkanes of at least 4 members (excludes halogenated alkanes) is 1. The number of thioether (sulfide) groups is 1. The molecule has 1 aromatic rings. The summed E-state index contributed by atoms with van der Waals surface area (Å²) in [5.74, 6) is 0.770. The van der Waals surface area contributed by atoms with Gasteiger partial charge in [-0.3, -0.25) is 5.32 Å². The van der Waals surface area contributed by atoms with E-state index in [1.807, 2.05) is 19.9 Å². The van der Waals surface area contributed by atoms with E-state index in [1.54, 1.807) is 23.9 Å². The van der Waals surface area contributed by atoms with Crippen molar-refractivity contribution in [2.45, 2.75) is 43.5 Å². The molecule has 0 saturated heterocycles. The fourth-order valence-electron chi connectivity index (χ4n) is 1.90. The van der Waals surface area contributed by atoms with Crippen LogP contribution in [0.3, 0.4) is 0 Å². The zero-order valence-corrected chi connectivity index (χ0v) is 12.4. The van der Waals surface area contributed by atoms with Gasteiger partial charge in [-0.1, -0.05) is 13.0 Å². The number of nitrogens with zero attached hydrogens (tertiary/aromatic N) is 1. The van der Waals surface area contributed by atoms with E-state index in [4.69, 9.17) is 5.26 Å². The molecule has 1 N–H and O–H groups in total. The van der Waals surface area contributed by atoms with Gasteiger partial charge in [0.2, 0.25) is 0 Å². The van der Waals surface area contributed by atoms with Gasteiger partial charge in [0.25, 0.3) is 0 Å². The average Bonchev–Trinajstić information content (AvgIpc) is 2.39. The highest BCUT2D eigenvalue weighted by atomic mass is 32.2. The summed E-state index contributed by atoms with van der Waals surface area (Å²) in [5, 5.41) is 12.3. The third-order valence-electron chi connectivity index (χ3n) is 2.95. The van der Waals surface area contributed by atoms with Gasteiger partial charge >= 0.3 is 0 Å². The largest absolute Gasteiger partial charge is 0.300 e. The molecule has 1 unspecified atom stereocenters. The van der Waals surface area contributed by atoms with Crippen molar-refractivity contribution in [1.29, 1.82) is 5.26 Å². The van der Waals surface area contributed by atoms with E-state index >= 15 is 0 Å². The predicted molar refractivity (Wildman–Crippen MR) is 78.7 cm³/mol. The molecule has 0 radical (unpaired) electrons. The maximum atomic E-state index is 13.0. The van der Waals surface area contributed by atoms with Crippen LogP contribution in [0.25, 0.3) is 0 Å². The van der Waals surface area contributed by atoms with Gasteiger partial charge in [0.15, 0.2) is 0 Å². The van der Waals surface area contributed by atoms with E-state index < -0.39 is 5.54 Å². The van der Waals surface area contributed by atoms with Crippen LogP contribution in [-0.2, 0) is 0 Å². The Kier molecular flexibility index (Phi) is 6.90. The molecule has 0 aromatic heterocycles. The minimum absolute atomic E-state index is 0.186. The zero-order chi connectivity index (χ0) is 14.1. The minimum Gasteiger partial charge on any atom is -0.300 e. The summed E-state index contributed by atoms with van der Waals surface area (Å²) in [4.78, 5) is 0.967. The van der Waals surface area contributed by atoms with Gasteiger partial charge in [-0.15, -0.1) is 11.8 Å². The first-order valence-electron chi connectivity index (χ1n) is 6.64. The van der Waals surface area contributed by atoms with Crippen molar-refractivity contribution in [3.8, 4) is 6.07 Å². The van der Waals surface area contributed by atoms with Crippen molar-refractivity contribution in [3.63, 3.8) is 0 Å². The molecule has 1 rings (SSSR count). The quantitative estimate of drug-likeness (QED) is 0.578. The molecule has 0 spiro atoms. The molecular formula is C15H21FN2S. The summed E-state index contributed by atoms with van der Waals surface area (Å²) in [6, 6.07) is 9.00. The number of hydrogen-bond donors (Lipinski definition) is 1. The second kappa shape index (κ2) is 8.19. The predicted octanol–water partition coefficient (Wildman–Crippen LogP) is 3.98. The van der Waals surface area contributed by atoms with E-state index in [2.05, 4.69) is 11.4 Å². The highest BCUT2D eigenvalue weighted by molar-refractivity contribution is 7.99. The zero-order valence-electron chi connectivity index (χ0n) is 11.6. The minimum atomic E-state index is -0.418. The Balaban J connectivity index is 2.23. The first kappa shape index (κ1) is 16.0. The van der Waals surface area contributed by atoms with Crippen molar-refractivity contribution >= 4 is 11.8 Å². The lowest BCUT2D eigenvalue weighted by Gasteiger charge is -2.22. The first-order valence-corrected chi connectivity index (χ1v) is 7.63. The lowest BCUT2D eigenvalue weighted by molar-refractivity contribution is 0.415. The monoisotopic (exact) mass is 280 g/mol. The van der Waals surface area contributed by atoms with E-state index in [9.17, 15) is 4.39 Å². The lowest BCUT2D eigenvalue weighted by Crippen LogP contribution is -2.40. The Morgan fingerprint density at radius 2 is 2.21 bits per heavy atom. The Hall–Kier alpha value is -1.05. The standard InChI is InChI=1S/C15H21FN2S/c1-3-18-15(2,12-17)9-4-5-10-19-14-8-6-7-13(16)11-14/h6-8,11,18H,3-5,9-10H2,1-2H3. The molecule has 0 aliphatic rings. The number of benzene rings is 1. The molecule has 0 bridgehead atoms. The van der Waals surface area contributed by atoms with Crippen LogP contribution in [0.4, 0.5) is 4.39 Å². The summed E-state index contributed by atoms with van der Waals surface area (Å²) >= 11 is 1.66. The van der Waals surface area contributed by atoms with Gasteiger partial charge in [0, 0.05) is 4.90 Å². The summed E-state index contributed by atoms with van der Waals surface area (Å²) < 4.78 is 13.0. The van der Waals surface area contributed by atoms with Crippen molar-refractivity contribution in [2.75, 3.05) is 12.3 Å². The van der Waals surface area contributed by atoms with Crippen molar-refractivity contribution in [3.05, 3.63) is 30.1 Å². The summed E-state index contributed by atoms with van der Waals surface area (Å²) in [6.07, 6.45) is 2.88. The van der Waals surface area contributed by atoms with E-state index in [0.29, 0.717) is 0 Å². The fourth-order valence-corrected chi connectivity index (χ4v) is 2.86. The van der Waals surface area contributed by atoms with Crippen LogP contribution >= 0.6 is 11.8 Å². The van der Waals surface area contributed by atoms with E-state index in [0.717, 1.165) is 36.5 Å². The third-order valence-corrected chi connectivity index (χ3v) is 4.03. The molecule has 104 valence electrons. The normalized spacial score (nSPS) is 13.8. The topological polar surface area (TPSA) is 35.8 Å². The highest BCUT2D eigenvalue weighted by Gasteiger charge is 2.20. The van der Waals surface area contributed by atoms with Crippen LogP contribution in [0.5, 0.6) is 0 Å². The number of rotatable bonds is 8. The van der Waals surface area contributed by atoms with Crippen LogP contribution in [0.2, 0.25) is 0 Å². The Bertz CT molecular complexity index is 430. The molecule has 19 heavy (non-hydrogen) atoms. The Morgan fingerprint density at radius 3 is 2.84 bits per heavy atom. The summed E-state index contributed by atoms with van der Waals surface area (Å²) in [5.41, 5.74) is -0.418. The van der Waals surface area contributed by atoms with Gasteiger partial charge in [-0.25, -0.2) is 4.39 Å². The van der Waals surface area contributed by atoms with Crippen molar-refractivity contribution < 1.29 is 4.39 Å². The molecule has 0 fully saturated rings. The summed E-state index contributed by atoms with van der Waals surface area (Å²) in [6.45, 7) is 4.76. The smallest absolute Gasteiger partial charge is 0.124 e. The SMILES string of the molecule is CCNC(C)(C#N)CCCCSc1cccc(F)c1. The molecule has 2 nitrogen and oxygen atoms in total. The molecule has 1 aromatic carbocycles. The maximum absolute atomic E-state index is 13.0. The van der Waals surface area contributed by atoms with Gasteiger partial charge in [-0.2, -0.15) is 5.26 Å². The van der Waals surface area contributed by atoms with Crippen LogP contribution in [-0.4, -0.2) is 17.8 Å². The molecular weight excluding hydrogens is 259 g/mol. The van der Waals surface area contributed by atoms with Crippen LogP contribution in [0, 0.1) is 17.1 Å². The molecule has 4 heteroatoms. The van der Waals surface area contributed by atoms with Crippen molar-refractivity contribution in [1.82, 2.24) is 5.32 Å². The molecule has 0 amide bonds. The number of nitriles is 1. The molecule has 0 saturated carbocycles. The first-order chi connectivity index (χ1) is 9.09. The van der Waals surface area contributed by atoms with Gasteiger partial charge in [0.05, 0.1) is 6.07 Å². The molecule has 1 atom stereocenters. The van der Waals surface area contributed by atoms with Crippen LogP contribution in [0.15, 0.2) is 29.2 Å². The average molecular weight is 280 g/mol. The second-order valence-corrected chi connectivity index (χ2v) is 5.91. The van der Waals surface area contributed by atoms with Gasteiger partial charge in [0.1, 0.15) is 11.4 Å². The third kappa shape index (κ3) is 6.09. The van der Waals surface area contributed by atoms with Gasteiger partial charge < -0.3 is 0 Å². The van der Waals surface area contributed by atoms with Gasteiger partial charge in [-0.05, 0) is 56.7 Å². The molecule has 0 aliphatic carbocycles. The number of halogens is 1.